The second kappa shape index (κ2) is 10.8. The first-order chi connectivity index (χ1) is 17.1. The van der Waals surface area contributed by atoms with Crippen LogP contribution in [-0.4, -0.2) is 47.9 Å². The number of nitrogens with zero attached hydrogens (tertiary/aromatic N) is 1. The number of halogens is 2. The molecule has 2 fully saturated rings. The fraction of sp³-hybridized carbons (Fsp3) is 0.481. The Labute approximate surface area is 210 Å². The number of amides is 2. The average Bonchev–Trinajstić information content (AvgIpc) is 3.13. The highest BCUT2D eigenvalue weighted by molar-refractivity contribution is 5.70. The number of nitrogens with one attached hydrogen (secondary N) is 2. The van der Waals surface area contributed by atoms with Crippen LogP contribution in [0.4, 0.5) is 18.4 Å². The van der Waals surface area contributed by atoms with Crippen LogP contribution in [0.25, 0.3) is 0 Å². The van der Waals surface area contributed by atoms with Crippen molar-refractivity contribution in [3.63, 3.8) is 0 Å². The van der Waals surface area contributed by atoms with Crippen LogP contribution in [0.5, 0.6) is 0 Å². The predicted octanol–water partition coefficient (Wildman–Crippen LogP) is 4.85. The molecule has 4 rings (SSSR count). The zero-order chi connectivity index (χ0) is 25.9. The van der Waals surface area contributed by atoms with Gasteiger partial charge in [0.25, 0.3) is 0 Å². The summed E-state index contributed by atoms with van der Waals surface area (Å²) in [6, 6.07) is 10.7. The Morgan fingerprint density at radius 3 is 2.58 bits per heavy atom. The number of fused-ring (bicyclic) bond motifs is 2. The molecule has 2 N–H and O–H groups in total. The van der Waals surface area contributed by atoms with Crippen LogP contribution in [0.3, 0.4) is 0 Å². The van der Waals surface area contributed by atoms with E-state index in [0.717, 1.165) is 12.0 Å². The van der Waals surface area contributed by atoms with Gasteiger partial charge in [0, 0.05) is 24.7 Å². The predicted molar refractivity (Wildman–Crippen MR) is 130 cm³/mol. The molecule has 9 heteroatoms. The van der Waals surface area contributed by atoms with E-state index in [0.29, 0.717) is 13.0 Å². The number of hydrogen-bond acceptors (Lipinski definition) is 5. The van der Waals surface area contributed by atoms with Gasteiger partial charge in [-0.15, -0.1) is 0 Å². The van der Waals surface area contributed by atoms with Gasteiger partial charge in [0.1, 0.15) is 23.8 Å². The standard InChI is InChI=1S/C27H33F2N3O4/c1-27(2,3)36-26(34)32-19-9-10-23(32)24(31-15-19)20-14-21(28)18(13-22(20)29)11-12-30-25(33)35-16-17-7-5-4-6-8-17/h4-8,13-14,19,23-24,31H,9-12,15-16H2,1-3H3,(H,30,33). The Hall–Kier alpha value is -3.20. The van der Waals surface area contributed by atoms with Crippen molar-refractivity contribution in [2.24, 2.45) is 0 Å². The third-order valence-electron chi connectivity index (χ3n) is 6.49. The number of ether oxygens (including phenoxy) is 2. The lowest BCUT2D eigenvalue weighted by molar-refractivity contribution is 0.00382. The maximum absolute atomic E-state index is 15.2. The smallest absolute Gasteiger partial charge is 0.410 e. The Morgan fingerprint density at radius 2 is 1.86 bits per heavy atom. The van der Waals surface area contributed by atoms with E-state index >= 15 is 4.39 Å². The fourth-order valence-electron chi connectivity index (χ4n) is 4.86. The lowest BCUT2D eigenvalue weighted by Crippen LogP contribution is -2.56. The van der Waals surface area contributed by atoms with Crippen molar-refractivity contribution in [3.8, 4) is 0 Å². The first-order valence-corrected chi connectivity index (χ1v) is 12.3. The molecule has 2 aliphatic rings. The minimum Gasteiger partial charge on any atom is -0.445 e. The van der Waals surface area contributed by atoms with Gasteiger partial charge in [0.2, 0.25) is 0 Å². The van der Waals surface area contributed by atoms with Crippen LogP contribution in [0, 0.1) is 11.6 Å². The quantitative estimate of drug-likeness (QED) is 0.592. The van der Waals surface area contributed by atoms with E-state index < -0.39 is 35.5 Å². The summed E-state index contributed by atoms with van der Waals surface area (Å²) in [6.45, 7) is 6.12. The molecule has 0 aromatic heterocycles. The van der Waals surface area contributed by atoms with Crippen molar-refractivity contribution in [2.45, 2.75) is 70.4 Å². The molecule has 3 atom stereocenters. The summed E-state index contributed by atoms with van der Waals surface area (Å²) < 4.78 is 40.8. The topological polar surface area (TPSA) is 79.9 Å². The fourth-order valence-corrected chi connectivity index (χ4v) is 4.86. The molecule has 3 unspecified atom stereocenters. The van der Waals surface area contributed by atoms with Crippen molar-refractivity contribution < 1.29 is 27.8 Å². The largest absolute Gasteiger partial charge is 0.445 e. The molecular formula is C27H33F2N3O4. The third-order valence-corrected chi connectivity index (χ3v) is 6.49. The first-order valence-electron chi connectivity index (χ1n) is 12.3. The zero-order valence-corrected chi connectivity index (χ0v) is 20.9. The van der Waals surface area contributed by atoms with Crippen LogP contribution in [0.15, 0.2) is 42.5 Å². The molecule has 2 amide bonds. The SMILES string of the molecule is CC(C)(C)OC(=O)N1C2CCC1C(c1cc(F)c(CCNC(=O)OCc3ccccc3)cc1F)NC2. The van der Waals surface area contributed by atoms with Gasteiger partial charge in [0.05, 0.1) is 12.1 Å². The number of hydrogen-bond donors (Lipinski definition) is 2. The molecule has 2 aromatic carbocycles. The molecule has 2 aliphatic heterocycles. The van der Waals surface area contributed by atoms with E-state index in [1.807, 2.05) is 30.3 Å². The molecule has 0 spiro atoms. The Morgan fingerprint density at radius 1 is 1.11 bits per heavy atom. The van der Waals surface area contributed by atoms with Crippen molar-refractivity contribution in [3.05, 3.63) is 70.8 Å². The van der Waals surface area contributed by atoms with E-state index in [9.17, 15) is 14.0 Å². The number of carbonyl (C=O) groups is 2. The van der Waals surface area contributed by atoms with Crippen LogP contribution in [-0.2, 0) is 22.5 Å². The van der Waals surface area contributed by atoms with Crippen LogP contribution in [0.2, 0.25) is 0 Å². The van der Waals surface area contributed by atoms with E-state index in [-0.39, 0.29) is 42.8 Å². The first kappa shape index (κ1) is 25.9. The van der Waals surface area contributed by atoms with Gasteiger partial charge in [-0.3, -0.25) is 4.90 Å². The van der Waals surface area contributed by atoms with Crippen molar-refractivity contribution in [1.29, 1.82) is 0 Å². The second-order valence-corrected chi connectivity index (χ2v) is 10.3. The van der Waals surface area contributed by atoms with Crippen molar-refractivity contribution in [2.75, 3.05) is 13.1 Å². The third kappa shape index (κ3) is 6.13. The number of benzene rings is 2. The van der Waals surface area contributed by atoms with Gasteiger partial charge in [-0.1, -0.05) is 30.3 Å². The Bertz CT molecular complexity index is 1090. The number of alkyl carbamates (subject to hydrolysis) is 1. The molecule has 2 bridgehead atoms. The highest BCUT2D eigenvalue weighted by Crippen LogP contribution is 2.39. The minimum atomic E-state index is -0.641. The Balaban J connectivity index is 1.37. The molecule has 0 saturated carbocycles. The Kier molecular flexibility index (Phi) is 7.78. The molecule has 194 valence electrons. The van der Waals surface area contributed by atoms with E-state index in [1.165, 1.54) is 12.1 Å². The molecule has 0 radical (unpaired) electrons. The summed E-state index contributed by atoms with van der Waals surface area (Å²) in [7, 11) is 0. The lowest BCUT2D eigenvalue weighted by atomic mass is 9.94. The summed E-state index contributed by atoms with van der Waals surface area (Å²) in [5, 5.41) is 5.85. The van der Waals surface area contributed by atoms with Gasteiger partial charge < -0.3 is 20.1 Å². The summed E-state index contributed by atoms with van der Waals surface area (Å²) in [5.41, 5.74) is 0.554. The summed E-state index contributed by atoms with van der Waals surface area (Å²) in [4.78, 5) is 26.4. The van der Waals surface area contributed by atoms with Crippen LogP contribution >= 0.6 is 0 Å². The molecule has 2 saturated heterocycles. The monoisotopic (exact) mass is 501 g/mol. The minimum absolute atomic E-state index is 0.0268. The summed E-state index contributed by atoms with van der Waals surface area (Å²) in [6.07, 6.45) is 0.517. The molecule has 0 aliphatic carbocycles. The number of piperazine rings is 1. The molecule has 2 aromatic rings. The molecule has 7 nitrogen and oxygen atoms in total. The van der Waals surface area contributed by atoms with Gasteiger partial charge in [-0.25, -0.2) is 18.4 Å². The van der Waals surface area contributed by atoms with Gasteiger partial charge in [-0.2, -0.15) is 0 Å². The van der Waals surface area contributed by atoms with Crippen LogP contribution in [0.1, 0.15) is 56.3 Å². The zero-order valence-electron chi connectivity index (χ0n) is 20.9. The highest BCUT2D eigenvalue weighted by atomic mass is 19.1. The molecular weight excluding hydrogens is 468 g/mol. The maximum atomic E-state index is 15.2. The van der Waals surface area contributed by atoms with Gasteiger partial charge in [-0.05, 0) is 63.3 Å². The van der Waals surface area contributed by atoms with Gasteiger partial charge in [0.15, 0.2) is 0 Å². The maximum Gasteiger partial charge on any atom is 0.410 e. The molecule has 36 heavy (non-hydrogen) atoms. The molecule has 2 heterocycles. The summed E-state index contributed by atoms with van der Waals surface area (Å²) >= 11 is 0. The van der Waals surface area contributed by atoms with Crippen LogP contribution < -0.4 is 10.6 Å². The van der Waals surface area contributed by atoms with E-state index in [1.54, 1.807) is 25.7 Å². The lowest BCUT2D eigenvalue weighted by Gasteiger charge is -2.41. The van der Waals surface area contributed by atoms with Crippen molar-refractivity contribution >= 4 is 12.2 Å². The average molecular weight is 502 g/mol. The van der Waals surface area contributed by atoms with Gasteiger partial charge >= 0.3 is 12.2 Å². The normalized spacial score (nSPS) is 21.2. The summed E-state index contributed by atoms with van der Waals surface area (Å²) in [5.74, 6) is -1.11. The number of rotatable bonds is 6. The second-order valence-electron chi connectivity index (χ2n) is 10.3. The highest BCUT2D eigenvalue weighted by Gasteiger charge is 2.47. The van der Waals surface area contributed by atoms with E-state index in [4.69, 9.17) is 9.47 Å². The van der Waals surface area contributed by atoms with E-state index in [2.05, 4.69) is 10.6 Å². The van der Waals surface area contributed by atoms with Crippen molar-refractivity contribution in [1.82, 2.24) is 15.5 Å². The number of carbonyl (C=O) groups excluding carboxylic acids is 2.